The van der Waals surface area contributed by atoms with Gasteiger partial charge in [-0.1, -0.05) is 6.07 Å². The Bertz CT molecular complexity index is 1020. The summed E-state index contributed by atoms with van der Waals surface area (Å²) in [5.41, 5.74) is 6.98. The molecule has 3 N–H and O–H groups in total. The van der Waals surface area contributed by atoms with Gasteiger partial charge in [0.15, 0.2) is 6.61 Å². The number of amides is 2. The number of nitrogens with two attached hydrogens (primary N) is 1. The lowest BCUT2D eigenvalue weighted by molar-refractivity contribution is -0.120. The van der Waals surface area contributed by atoms with E-state index in [-0.39, 0.29) is 18.3 Å². The fraction of sp³-hybridized carbons (Fsp3) is 0.0500. The fourth-order valence-electron chi connectivity index (χ4n) is 2.25. The summed E-state index contributed by atoms with van der Waals surface area (Å²) in [5.74, 6) is -0.811. The van der Waals surface area contributed by atoms with Gasteiger partial charge in [0.1, 0.15) is 16.6 Å². The van der Waals surface area contributed by atoms with Crippen LogP contribution in [0.2, 0.25) is 0 Å². The highest BCUT2D eigenvalue weighted by Gasteiger charge is 2.05. The number of hydrogen-bond donors (Lipinski definition) is 2. The predicted molar refractivity (Wildman–Crippen MR) is 106 cm³/mol. The van der Waals surface area contributed by atoms with E-state index in [1.165, 1.54) is 29.5 Å². The van der Waals surface area contributed by atoms with E-state index in [0.717, 1.165) is 10.6 Å². The van der Waals surface area contributed by atoms with Crippen LogP contribution < -0.4 is 15.8 Å². The van der Waals surface area contributed by atoms with Gasteiger partial charge in [-0.25, -0.2) is 9.37 Å². The zero-order valence-corrected chi connectivity index (χ0v) is 15.4. The van der Waals surface area contributed by atoms with Crippen LogP contribution in [-0.2, 0) is 9.59 Å². The quantitative estimate of drug-likeness (QED) is 0.597. The van der Waals surface area contributed by atoms with E-state index in [1.807, 2.05) is 0 Å². The standard InChI is InChI=1S/C20H16FN3O3S/c21-14-6-4-13(5-7-14)20-24-16(12-28-20)8-9-19(26)23-15-2-1-3-17(10-15)27-11-18(22)25/h1-10,12H,11H2,(H2,22,25)(H,23,26)/b9-8+. The van der Waals surface area contributed by atoms with Crippen LogP contribution in [0.4, 0.5) is 10.1 Å². The number of benzene rings is 2. The van der Waals surface area contributed by atoms with E-state index < -0.39 is 5.91 Å². The summed E-state index contributed by atoms with van der Waals surface area (Å²) in [7, 11) is 0. The highest BCUT2D eigenvalue weighted by atomic mass is 32.1. The summed E-state index contributed by atoms with van der Waals surface area (Å²) in [6.45, 7) is -0.239. The van der Waals surface area contributed by atoms with E-state index in [4.69, 9.17) is 10.5 Å². The molecular weight excluding hydrogens is 381 g/mol. The van der Waals surface area contributed by atoms with Crippen LogP contribution in [0.3, 0.4) is 0 Å². The average Bonchev–Trinajstić information content (AvgIpc) is 3.15. The Balaban J connectivity index is 1.60. The number of rotatable bonds is 7. The summed E-state index contributed by atoms with van der Waals surface area (Å²) in [5, 5.41) is 5.24. The van der Waals surface area contributed by atoms with Gasteiger partial charge in [0.25, 0.3) is 5.91 Å². The number of anilines is 1. The van der Waals surface area contributed by atoms with Crippen molar-refractivity contribution in [1.82, 2.24) is 4.98 Å². The van der Waals surface area contributed by atoms with Gasteiger partial charge < -0.3 is 15.8 Å². The monoisotopic (exact) mass is 397 g/mol. The van der Waals surface area contributed by atoms with Crippen LogP contribution in [-0.4, -0.2) is 23.4 Å². The molecule has 1 aromatic heterocycles. The number of hydrogen-bond acceptors (Lipinski definition) is 5. The Morgan fingerprint density at radius 3 is 2.75 bits per heavy atom. The van der Waals surface area contributed by atoms with Gasteiger partial charge in [0.2, 0.25) is 5.91 Å². The molecule has 2 aromatic carbocycles. The van der Waals surface area contributed by atoms with Gasteiger partial charge in [0, 0.05) is 28.8 Å². The minimum absolute atomic E-state index is 0.239. The Hall–Kier alpha value is -3.52. The second kappa shape index (κ2) is 8.92. The molecule has 142 valence electrons. The van der Waals surface area contributed by atoms with E-state index in [1.54, 1.807) is 47.9 Å². The second-order valence-corrected chi connectivity index (χ2v) is 6.55. The molecule has 1 heterocycles. The molecule has 28 heavy (non-hydrogen) atoms. The van der Waals surface area contributed by atoms with Gasteiger partial charge in [-0.3, -0.25) is 9.59 Å². The summed E-state index contributed by atoms with van der Waals surface area (Å²) >= 11 is 1.40. The second-order valence-electron chi connectivity index (χ2n) is 5.69. The topological polar surface area (TPSA) is 94.3 Å². The van der Waals surface area contributed by atoms with Crippen molar-refractivity contribution in [2.45, 2.75) is 0 Å². The number of ether oxygens (including phenoxy) is 1. The van der Waals surface area contributed by atoms with Crippen molar-refractivity contribution in [2.75, 3.05) is 11.9 Å². The van der Waals surface area contributed by atoms with Crippen molar-refractivity contribution >= 4 is 34.9 Å². The summed E-state index contributed by atoms with van der Waals surface area (Å²) < 4.78 is 18.2. The maximum absolute atomic E-state index is 13.0. The van der Waals surface area contributed by atoms with E-state index in [2.05, 4.69) is 10.3 Å². The number of primary amides is 1. The van der Waals surface area contributed by atoms with Gasteiger partial charge in [-0.15, -0.1) is 11.3 Å². The maximum Gasteiger partial charge on any atom is 0.255 e. The fourth-order valence-corrected chi connectivity index (χ4v) is 3.04. The Kier molecular flexibility index (Phi) is 6.13. The number of nitrogens with one attached hydrogen (secondary N) is 1. The van der Waals surface area contributed by atoms with Crippen LogP contribution in [0.15, 0.2) is 60.0 Å². The molecule has 0 aliphatic carbocycles. The zero-order chi connectivity index (χ0) is 19.9. The minimum Gasteiger partial charge on any atom is -0.484 e. The van der Waals surface area contributed by atoms with Gasteiger partial charge in [0.05, 0.1) is 5.69 Å². The van der Waals surface area contributed by atoms with Crippen molar-refractivity contribution in [1.29, 1.82) is 0 Å². The third kappa shape index (κ3) is 5.49. The number of carbonyl (C=O) groups excluding carboxylic acids is 2. The first kappa shape index (κ1) is 19.2. The molecule has 0 aliphatic heterocycles. The first-order valence-electron chi connectivity index (χ1n) is 8.21. The van der Waals surface area contributed by atoms with Crippen molar-refractivity contribution in [2.24, 2.45) is 5.73 Å². The molecule has 0 saturated heterocycles. The Morgan fingerprint density at radius 2 is 2.00 bits per heavy atom. The number of nitrogens with zero attached hydrogens (tertiary/aromatic N) is 1. The van der Waals surface area contributed by atoms with E-state index in [9.17, 15) is 14.0 Å². The van der Waals surface area contributed by atoms with Gasteiger partial charge in [-0.2, -0.15) is 0 Å². The Morgan fingerprint density at radius 1 is 1.21 bits per heavy atom. The average molecular weight is 397 g/mol. The number of halogens is 1. The number of aromatic nitrogens is 1. The molecule has 0 spiro atoms. The normalized spacial score (nSPS) is 10.8. The molecule has 3 rings (SSSR count). The third-order valence-corrected chi connectivity index (χ3v) is 4.41. The van der Waals surface area contributed by atoms with Crippen LogP contribution in [0, 0.1) is 5.82 Å². The Labute approximate surface area is 164 Å². The lowest BCUT2D eigenvalue weighted by Gasteiger charge is -2.06. The summed E-state index contributed by atoms with van der Waals surface area (Å²) in [4.78, 5) is 27.3. The molecule has 0 saturated carbocycles. The van der Waals surface area contributed by atoms with Crippen molar-refractivity contribution < 1.29 is 18.7 Å². The number of thiazole rings is 1. The molecule has 0 fully saturated rings. The molecule has 0 radical (unpaired) electrons. The maximum atomic E-state index is 13.0. The van der Waals surface area contributed by atoms with Gasteiger partial charge >= 0.3 is 0 Å². The summed E-state index contributed by atoms with van der Waals surface area (Å²) in [6, 6.07) is 12.7. The zero-order valence-electron chi connectivity index (χ0n) is 14.6. The SMILES string of the molecule is NC(=O)COc1cccc(NC(=O)/C=C/c2csc(-c3ccc(F)cc3)n2)c1. The largest absolute Gasteiger partial charge is 0.484 e. The predicted octanol–water partition coefficient (Wildman–Crippen LogP) is 3.47. The molecule has 8 heteroatoms. The van der Waals surface area contributed by atoms with Crippen molar-refractivity contribution in [3.63, 3.8) is 0 Å². The van der Waals surface area contributed by atoms with E-state index in [0.29, 0.717) is 17.1 Å². The highest BCUT2D eigenvalue weighted by Crippen LogP contribution is 2.24. The van der Waals surface area contributed by atoms with Crippen LogP contribution >= 0.6 is 11.3 Å². The van der Waals surface area contributed by atoms with Crippen LogP contribution in [0.25, 0.3) is 16.6 Å². The van der Waals surface area contributed by atoms with Crippen molar-refractivity contribution in [3.8, 4) is 16.3 Å². The molecule has 6 nitrogen and oxygen atoms in total. The van der Waals surface area contributed by atoms with Gasteiger partial charge in [-0.05, 0) is 42.5 Å². The lowest BCUT2D eigenvalue weighted by Crippen LogP contribution is -2.20. The van der Waals surface area contributed by atoms with Crippen molar-refractivity contribution in [3.05, 3.63) is 71.5 Å². The number of carbonyl (C=O) groups is 2. The molecular formula is C20H16FN3O3S. The summed E-state index contributed by atoms with van der Waals surface area (Å²) in [6.07, 6.45) is 2.95. The highest BCUT2D eigenvalue weighted by molar-refractivity contribution is 7.13. The smallest absolute Gasteiger partial charge is 0.255 e. The van der Waals surface area contributed by atoms with Crippen LogP contribution in [0.1, 0.15) is 5.69 Å². The molecule has 0 unspecified atom stereocenters. The van der Waals surface area contributed by atoms with Crippen LogP contribution in [0.5, 0.6) is 5.75 Å². The molecule has 2 amide bonds. The molecule has 0 bridgehead atoms. The first-order valence-corrected chi connectivity index (χ1v) is 9.09. The molecule has 0 atom stereocenters. The molecule has 0 aliphatic rings. The third-order valence-electron chi connectivity index (χ3n) is 3.50. The molecule has 3 aromatic rings. The lowest BCUT2D eigenvalue weighted by atomic mass is 10.2. The first-order chi connectivity index (χ1) is 13.5. The van der Waals surface area contributed by atoms with E-state index >= 15 is 0 Å². The minimum atomic E-state index is -0.583.